The highest BCUT2D eigenvalue weighted by Crippen LogP contribution is 2.39. The Morgan fingerprint density at radius 1 is 1.33 bits per heavy atom. The lowest BCUT2D eigenvalue weighted by molar-refractivity contribution is -0.385. The first-order valence-electron chi connectivity index (χ1n) is 7.19. The van der Waals surface area contributed by atoms with Gasteiger partial charge < -0.3 is 4.90 Å². The summed E-state index contributed by atoms with van der Waals surface area (Å²) in [5, 5.41) is 11.4. The molecule has 0 saturated carbocycles. The Kier molecular flexibility index (Phi) is 3.61. The largest absolute Gasteiger partial charge is 0.332 e. The molecule has 2 unspecified atom stereocenters. The Balaban J connectivity index is 1.97. The van der Waals surface area contributed by atoms with Crippen LogP contribution in [0, 0.1) is 17.0 Å². The molecule has 2 atom stereocenters. The number of carbonyl (C=O) groups is 1. The van der Waals surface area contributed by atoms with Crippen LogP contribution in [-0.4, -0.2) is 33.2 Å². The van der Waals surface area contributed by atoms with Gasteiger partial charge in [-0.05, 0) is 38.7 Å². The fourth-order valence-corrected chi connectivity index (χ4v) is 4.07. The van der Waals surface area contributed by atoms with Gasteiger partial charge in [-0.3, -0.25) is 14.9 Å². The Morgan fingerprint density at radius 2 is 1.95 bits per heavy atom. The zero-order valence-corrected chi connectivity index (χ0v) is 12.5. The summed E-state index contributed by atoms with van der Waals surface area (Å²) in [5.74, 6) is -0.221. The van der Waals surface area contributed by atoms with Gasteiger partial charge in [0, 0.05) is 23.0 Å². The number of nitro benzene ring substituents is 1. The quantitative estimate of drug-likeness (QED) is 0.478. The molecule has 2 heterocycles. The van der Waals surface area contributed by atoms with E-state index in [0.29, 0.717) is 5.56 Å². The molecular weight excluding hydrogens is 292 g/mol. The predicted octanol–water partition coefficient (Wildman–Crippen LogP) is 3.28. The molecular formula is C15H17ClN2O3. The standard InChI is InChI=1S/C15H17ClN2O3/c1-9-3-2-4-13(14(9)18(20)21)15(19)17-11-5-6-12(17)8-10(16)7-11/h2-4,10-12H,5-8H2,1H3. The number of benzene rings is 1. The number of nitrogens with zero attached hydrogens (tertiary/aromatic N) is 2. The number of halogens is 1. The lowest BCUT2D eigenvalue weighted by atomic mass is 9.99. The third-order valence-corrected chi connectivity index (χ3v) is 4.92. The van der Waals surface area contributed by atoms with E-state index in [1.165, 1.54) is 0 Å². The maximum atomic E-state index is 12.8. The zero-order valence-electron chi connectivity index (χ0n) is 11.8. The number of amides is 1. The highest BCUT2D eigenvalue weighted by atomic mass is 35.5. The maximum Gasteiger partial charge on any atom is 0.285 e. The number of nitro groups is 1. The Bertz CT molecular complexity index is 591. The fraction of sp³-hybridized carbons (Fsp3) is 0.533. The number of fused-ring (bicyclic) bond motifs is 2. The van der Waals surface area contributed by atoms with Crippen LogP contribution in [-0.2, 0) is 0 Å². The van der Waals surface area contributed by atoms with Crippen LogP contribution in [0.1, 0.15) is 41.6 Å². The fourth-order valence-electron chi connectivity index (χ4n) is 3.66. The summed E-state index contributed by atoms with van der Waals surface area (Å²) < 4.78 is 0. The van der Waals surface area contributed by atoms with Gasteiger partial charge in [-0.15, -0.1) is 11.6 Å². The summed E-state index contributed by atoms with van der Waals surface area (Å²) in [6, 6.07) is 5.16. The molecule has 2 aliphatic heterocycles. The number of piperidine rings is 1. The van der Waals surface area contributed by atoms with E-state index in [0.717, 1.165) is 25.7 Å². The second kappa shape index (κ2) is 5.30. The van der Waals surface area contributed by atoms with Gasteiger partial charge in [0.2, 0.25) is 0 Å². The molecule has 0 N–H and O–H groups in total. The van der Waals surface area contributed by atoms with E-state index >= 15 is 0 Å². The molecule has 21 heavy (non-hydrogen) atoms. The average molecular weight is 309 g/mol. The molecule has 0 aliphatic carbocycles. The second-order valence-corrected chi connectivity index (χ2v) is 6.51. The van der Waals surface area contributed by atoms with Crippen molar-refractivity contribution in [2.75, 3.05) is 0 Å². The van der Waals surface area contributed by atoms with Crippen molar-refractivity contribution < 1.29 is 9.72 Å². The van der Waals surface area contributed by atoms with Crippen molar-refractivity contribution in [3.05, 3.63) is 39.4 Å². The molecule has 112 valence electrons. The summed E-state index contributed by atoms with van der Waals surface area (Å²) in [6.45, 7) is 1.66. The molecule has 1 aromatic carbocycles. The van der Waals surface area contributed by atoms with Crippen molar-refractivity contribution in [1.82, 2.24) is 4.90 Å². The van der Waals surface area contributed by atoms with Crippen molar-refractivity contribution in [2.45, 2.75) is 50.1 Å². The first-order chi connectivity index (χ1) is 9.99. The van der Waals surface area contributed by atoms with Crippen LogP contribution in [0.25, 0.3) is 0 Å². The lowest BCUT2D eigenvalue weighted by Gasteiger charge is -2.37. The smallest absolute Gasteiger partial charge is 0.285 e. The van der Waals surface area contributed by atoms with E-state index in [2.05, 4.69) is 0 Å². The summed E-state index contributed by atoms with van der Waals surface area (Å²) in [4.78, 5) is 25.5. The second-order valence-electron chi connectivity index (χ2n) is 5.89. The molecule has 0 aromatic heterocycles. The minimum atomic E-state index is -0.460. The number of rotatable bonds is 2. The average Bonchev–Trinajstić information content (AvgIpc) is 2.69. The summed E-state index contributed by atoms with van der Waals surface area (Å²) >= 11 is 6.22. The van der Waals surface area contributed by atoms with Gasteiger partial charge in [-0.25, -0.2) is 0 Å². The van der Waals surface area contributed by atoms with Crippen molar-refractivity contribution >= 4 is 23.2 Å². The number of aryl methyl sites for hydroxylation is 1. The molecule has 5 nitrogen and oxygen atoms in total. The summed E-state index contributed by atoms with van der Waals surface area (Å²) in [5.41, 5.74) is 0.644. The van der Waals surface area contributed by atoms with Gasteiger partial charge in [-0.2, -0.15) is 0 Å². The van der Waals surface area contributed by atoms with Crippen LogP contribution in [0.3, 0.4) is 0 Å². The van der Waals surface area contributed by atoms with E-state index in [9.17, 15) is 14.9 Å². The highest BCUT2D eigenvalue weighted by molar-refractivity contribution is 6.20. The van der Waals surface area contributed by atoms with Gasteiger partial charge in [0.1, 0.15) is 5.56 Å². The van der Waals surface area contributed by atoms with Gasteiger partial charge in [0.05, 0.1) is 4.92 Å². The minimum Gasteiger partial charge on any atom is -0.332 e. The van der Waals surface area contributed by atoms with Crippen LogP contribution in [0.15, 0.2) is 18.2 Å². The molecule has 2 aliphatic rings. The molecule has 6 heteroatoms. The number of hydrogen-bond acceptors (Lipinski definition) is 3. The molecule has 1 aromatic rings. The van der Waals surface area contributed by atoms with E-state index in [1.54, 1.807) is 25.1 Å². The summed E-state index contributed by atoms with van der Waals surface area (Å²) in [6.07, 6.45) is 3.45. The molecule has 2 fully saturated rings. The van der Waals surface area contributed by atoms with Crippen LogP contribution < -0.4 is 0 Å². The number of hydrogen-bond donors (Lipinski definition) is 0. The van der Waals surface area contributed by atoms with Crippen molar-refractivity contribution in [1.29, 1.82) is 0 Å². The first kappa shape index (κ1) is 14.3. The van der Waals surface area contributed by atoms with E-state index in [1.807, 2.05) is 4.90 Å². The molecule has 2 bridgehead atoms. The van der Waals surface area contributed by atoms with Crippen molar-refractivity contribution in [3.8, 4) is 0 Å². The van der Waals surface area contributed by atoms with Gasteiger partial charge in [0.25, 0.3) is 11.6 Å². The topological polar surface area (TPSA) is 63.5 Å². The maximum absolute atomic E-state index is 12.8. The van der Waals surface area contributed by atoms with Crippen molar-refractivity contribution in [2.24, 2.45) is 0 Å². The van der Waals surface area contributed by atoms with Crippen LogP contribution >= 0.6 is 11.6 Å². The Labute approximate surface area is 128 Å². The lowest BCUT2D eigenvalue weighted by Crippen LogP contribution is -2.47. The van der Waals surface area contributed by atoms with Crippen molar-refractivity contribution in [3.63, 3.8) is 0 Å². The molecule has 1 amide bonds. The van der Waals surface area contributed by atoms with E-state index in [4.69, 9.17) is 11.6 Å². The SMILES string of the molecule is Cc1cccc(C(=O)N2C3CCC2CC(Cl)C3)c1[N+](=O)[O-]. The highest BCUT2D eigenvalue weighted by Gasteiger charge is 2.44. The molecule has 2 saturated heterocycles. The van der Waals surface area contributed by atoms with E-state index in [-0.39, 0.29) is 34.6 Å². The summed E-state index contributed by atoms with van der Waals surface area (Å²) in [7, 11) is 0. The predicted molar refractivity (Wildman–Crippen MR) is 79.7 cm³/mol. The Morgan fingerprint density at radius 3 is 2.52 bits per heavy atom. The van der Waals surface area contributed by atoms with Gasteiger partial charge in [-0.1, -0.05) is 12.1 Å². The third kappa shape index (κ3) is 2.39. The number of carbonyl (C=O) groups excluding carboxylic acids is 1. The number of alkyl halides is 1. The van der Waals surface area contributed by atoms with Gasteiger partial charge in [0.15, 0.2) is 0 Å². The van der Waals surface area contributed by atoms with E-state index < -0.39 is 4.92 Å². The van der Waals surface area contributed by atoms with Gasteiger partial charge >= 0.3 is 0 Å². The first-order valence-corrected chi connectivity index (χ1v) is 7.63. The monoisotopic (exact) mass is 308 g/mol. The van der Waals surface area contributed by atoms with Crippen LogP contribution in [0.2, 0.25) is 0 Å². The molecule has 0 radical (unpaired) electrons. The molecule has 3 rings (SSSR count). The number of para-hydroxylation sites is 1. The molecule has 0 spiro atoms. The third-order valence-electron chi connectivity index (χ3n) is 4.56. The Hall–Kier alpha value is -1.62. The normalized spacial score (nSPS) is 27.7. The minimum absolute atomic E-state index is 0.0742. The van der Waals surface area contributed by atoms with Crippen LogP contribution in [0.5, 0.6) is 0 Å². The van der Waals surface area contributed by atoms with Crippen LogP contribution in [0.4, 0.5) is 5.69 Å². The zero-order chi connectivity index (χ0) is 15.1.